The lowest BCUT2D eigenvalue weighted by molar-refractivity contribution is -0.139. The molecule has 0 amide bonds. The van der Waals surface area contributed by atoms with Crippen LogP contribution in [-0.4, -0.2) is 51.9 Å². The van der Waals surface area contributed by atoms with Crippen LogP contribution in [0.1, 0.15) is 24.0 Å². The lowest BCUT2D eigenvalue weighted by Crippen LogP contribution is -2.17. The first-order valence-electron chi connectivity index (χ1n) is 9.61. The highest BCUT2D eigenvalue weighted by molar-refractivity contribution is 9.10. The normalized spacial score (nSPS) is 16.1. The Bertz CT molecular complexity index is 1060. The molecule has 0 aliphatic carbocycles. The first-order valence-corrected chi connectivity index (χ1v) is 10.4. The largest absolute Gasteiger partial charge is 0.469 e. The molecule has 1 aromatic carbocycles. The van der Waals surface area contributed by atoms with Crippen LogP contribution in [0.25, 0.3) is 11.2 Å². The third-order valence-corrected chi connectivity index (χ3v) is 5.49. The molecule has 1 atom stereocenters. The first-order chi connectivity index (χ1) is 14.5. The SMILES string of the molecule is COC(=O)Cc1cccc(Cn2c(Br)nc3c(N)nc(OCC4CCCO4)nc32)c1. The maximum Gasteiger partial charge on any atom is 0.320 e. The van der Waals surface area contributed by atoms with E-state index in [-0.39, 0.29) is 30.3 Å². The highest BCUT2D eigenvalue weighted by atomic mass is 79.9. The molecule has 0 spiro atoms. The van der Waals surface area contributed by atoms with Gasteiger partial charge >= 0.3 is 12.0 Å². The summed E-state index contributed by atoms with van der Waals surface area (Å²) in [5.74, 6) is -0.0313. The molecule has 4 rings (SSSR count). The van der Waals surface area contributed by atoms with Crippen LogP contribution in [0.4, 0.5) is 5.82 Å². The van der Waals surface area contributed by atoms with Gasteiger partial charge in [-0.15, -0.1) is 0 Å². The first kappa shape index (κ1) is 20.5. The highest BCUT2D eigenvalue weighted by Gasteiger charge is 2.19. The van der Waals surface area contributed by atoms with Crippen LogP contribution >= 0.6 is 15.9 Å². The number of carbonyl (C=O) groups is 1. The quantitative estimate of drug-likeness (QED) is 0.409. The maximum atomic E-state index is 11.6. The van der Waals surface area contributed by atoms with Gasteiger partial charge in [-0.2, -0.15) is 9.97 Å². The number of benzene rings is 1. The molecule has 10 heteroatoms. The van der Waals surface area contributed by atoms with E-state index in [0.717, 1.165) is 30.6 Å². The van der Waals surface area contributed by atoms with Gasteiger partial charge in [0.25, 0.3) is 0 Å². The maximum absolute atomic E-state index is 11.6. The van der Waals surface area contributed by atoms with Crippen LogP contribution in [0.15, 0.2) is 29.0 Å². The summed E-state index contributed by atoms with van der Waals surface area (Å²) in [5.41, 5.74) is 9.01. The topological polar surface area (TPSA) is 114 Å². The second-order valence-corrected chi connectivity index (χ2v) is 7.76. The van der Waals surface area contributed by atoms with Gasteiger partial charge in [0.05, 0.1) is 26.2 Å². The van der Waals surface area contributed by atoms with Gasteiger partial charge in [-0.3, -0.25) is 9.36 Å². The molecule has 3 heterocycles. The van der Waals surface area contributed by atoms with Crippen LogP contribution in [0, 0.1) is 0 Å². The van der Waals surface area contributed by atoms with Crippen molar-refractivity contribution in [1.82, 2.24) is 19.5 Å². The van der Waals surface area contributed by atoms with Crippen molar-refractivity contribution in [3.63, 3.8) is 0 Å². The van der Waals surface area contributed by atoms with E-state index in [9.17, 15) is 4.79 Å². The van der Waals surface area contributed by atoms with Gasteiger partial charge in [-0.05, 0) is 39.9 Å². The number of nitrogens with zero attached hydrogens (tertiary/aromatic N) is 4. The van der Waals surface area contributed by atoms with Crippen LogP contribution in [-0.2, 0) is 27.2 Å². The number of nitrogens with two attached hydrogens (primary N) is 1. The molecule has 1 fully saturated rings. The fourth-order valence-electron chi connectivity index (χ4n) is 3.38. The number of hydrogen-bond acceptors (Lipinski definition) is 8. The van der Waals surface area contributed by atoms with Gasteiger partial charge < -0.3 is 19.9 Å². The molecule has 2 N–H and O–H groups in total. The van der Waals surface area contributed by atoms with Crippen molar-refractivity contribution in [1.29, 1.82) is 0 Å². The number of fused-ring (bicyclic) bond motifs is 1. The molecule has 1 unspecified atom stereocenters. The number of rotatable bonds is 7. The zero-order valence-corrected chi connectivity index (χ0v) is 18.1. The van der Waals surface area contributed by atoms with Gasteiger partial charge in [-0.1, -0.05) is 24.3 Å². The van der Waals surface area contributed by atoms with Crippen LogP contribution in [0.5, 0.6) is 6.01 Å². The lowest BCUT2D eigenvalue weighted by Gasteiger charge is -2.11. The Morgan fingerprint density at radius 3 is 2.93 bits per heavy atom. The fraction of sp³-hybridized carbons (Fsp3) is 0.400. The number of hydrogen-bond donors (Lipinski definition) is 1. The zero-order valence-electron chi connectivity index (χ0n) is 16.5. The highest BCUT2D eigenvalue weighted by Crippen LogP contribution is 2.26. The Hall–Kier alpha value is -2.72. The Morgan fingerprint density at radius 1 is 1.33 bits per heavy atom. The number of methoxy groups -OCH3 is 1. The number of imidazole rings is 1. The minimum absolute atomic E-state index is 0.0553. The van der Waals surface area contributed by atoms with E-state index in [0.29, 0.717) is 29.0 Å². The summed E-state index contributed by atoms with van der Waals surface area (Å²) in [7, 11) is 1.38. The Kier molecular flexibility index (Phi) is 6.14. The minimum Gasteiger partial charge on any atom is -0.469 e. The number of carbonyl (C=O) groups excluding carboxylic acids is 1. The van der Waals surface area contributed by atoms with E-state index < -0.39 is 0 Å². The molecule has 158 valence electrons. The number of nitrogen functional groups attached to an aromatic ring is 1. The lowest BCUT2D eigenvalue weighted by atomic mass is 10.1. The summed E-state index contributed by atoms with van der Waals surface area (Å²) in [4.78, 5) is 24.8. The summed E-state index contributed by atoms with van der Waals surface area (Å²) in [6.07, 6.45) is 2.26. The molecule has 0 bridgehead atoms. The molecule has 1 aliphatic heterocycles. The second kappa shape index (κ2) is 8.97. The van der Waals surface area contributed by atoms with Gasteiger partial charge in [-0.25, -0.2) is 4.98 Å². The summed E-state index contributed by atoms with van der Waals surface area (Å²) < 4.78 is 18.5. The van der Waals surface area contributed by atoms with Crippen molar-refractivity contribution in [2.75, 3.05) is 26.1 Å². The van der Waals surface area contributed by atoms with Gasteiger partial charge in [0, 0.05) is 6.61 Å². The van der Waals surface area contributed by atoms with Crippen molar-refractivity contribution in [2.45, 2.75) is 31.9 Å². The van der Waals surface area contributed by atoms with Crippen molar-refractivity contribution in [2.24, 2.45) is 0 Å². The van der Waals surface area contributed by atoms with Crippen molar-refractivity contribution < 1.29 is 19.0 Å². The average molecular weight is 476 g/mol. The molecular weight excluding hydrogens is 454 g/mol. The van der Waals surface area contributed by atoms with Crippen LogP contribution in [0.2, 0.25) is 0 Å². The molecule has 1 aliphatic rings. The van der Waals surface area contributed by atoms with E-state index in [4.69, 9.17) is 19.9 Å². The van der Waals surface area contributed by atoms with E-state index in [1.807, 2.05) is 28.8 Å². The second-order valence-electron chi connectivity index (χ2n) is 7.05. The third-order valence-electron chi connectivity index (χ3n) is 4.89. The van der Waals surface area contributed by atoms with E-state index in [1.165, 1.54) is 7.11 Å². The standard InChI is InChI=1S/C20H22BrN5O4/c1-28-15(27)9-12-4-2-5-13(8-12)10-26-18-16(23-19(26)21)17(22)24-20(25-18)30-11-14-6-3-7-29-14/h2,4-5,8,14H,3,6-7,9-11H2,1H3,(H2,22,24,25). The third kappa shape index (κ3) is 4.54. The number of halogens is 1. The zero-order chi connectivity index (χ0) is 21.1. The van der Waals surface area contributed by atoms with E-state index in [2.05, 4.69) is 30.9 Å². The Balaban J connectivity index is 1.59. The van der Waals surface area contributed by atoms with E-state index >= 15 is 0 Å². The molecule has 1 saturated heterocycles. The fourth-order valence-corrected chi connectivity index (χ4v) is 3.85. The summed E-state index contributed by atoms with van der Waals surface area (Å²) in [6.45, 7) is 1.62. The number of aromatic nitrogens is 4. The number of ether oxygens (including phenoxy) is 3. The Labute approximate surface area is 181 Å². The summed E-state index contributed by atoms with van der Waals surface area (Å²) in [5, 5.41) is 0. The Morgan fingerprint density at radius 2 is 2.17 bits per heavy atom. The molecule has 3 aromatic rings. The predicted molar refractivity (Wildman–Crippen MR) is 113 cm³/mol. The number of anilines is 1. The molecular formula is C20H22BrN5O4. The van der Waals surface area contributed by atoms with Crippen molar-refractivity contribution in [3.05, 3.63) is 40.1 Å². The van der Waals surface area contributed by atoms with Gasteiger partial charge in [0.1, 0.15) is 6.61 Å². The smallest absolute Gasteiger partial charge is 0.320 e. The summed E-state index contributed by atoms with van der Waals surface area (Å²) >= 11 is 3.48. The summed E-state index contributed by atoms with van der Waals surface area (Å²) in [6, 6.07) is 7.91. The monoisotopic (exact) mass is 475 g/mol. The average Bonchev–Trinajstić information content (AvgIpc) is 3.36. The van der Waals surface area contributed by atoms with Crippen molar-refractivity contribution in [3.8, 4) is 6.01 Å². The molecule has 0 radical (unpaired) electrons. The van der Waals surface area contributed by atoms with Crippen LogP contribution in [0.3, 0.4) is 0 Å². The van der Waals surface area contributed by atoms with Crippen LogP contribution < -0.4 is 10.5 Å². The minimum atomic E-state index is -0.282. The van der Waals surface area contributed by atoms with Gasteiger partial charge in [0.2, 0.25) is 0 Å². The molecule has 30 heavy (non-hydrogen) atoms. The van der Waals surface area contributed by atoms with Gasteiger partial charge in [0.15, 0.2) is 21.7 Å². The molecule has 9 nitrogen and oxygen atoms in total. The predicted octanol–water partition coefficient (Wildman–Crippen LogP) is 2.49. The number of esters is 1. The van der Waals surface area contributed by atoms with Crippen molar-refractivity contribution >= 4 is 38.9 Å². The molecule has 2 aromatic heterocycles. The molecule has 0 saturated carbocycles. The van der Waals surface area contributed by atoms with E-state index in [1.54, 1.807) is 0 Å².